The SMILES string of the molecule is COC[C@@H](N)c1cnnn1C(C)(C)C. The third-order valence-corrected chi connectivity index (χ3v) is 1.94. The summed E-state index contributed by atoms with van der Waals surface area (Å²) in [6, 6.07) is -0.172. The van der Waals surface area contributed by atoms with Gasteiger partial charge in [0.25, 0.3) is 0 Å². The van der Waals surface area contributed by atoms with Crippen LogP contribution in [0.1, 0.15) is 32.5 Å². The van der Waals surface area contributed by atoms with Crippen LogP contribution >= 0.6 is 0 Å². The molecule has 1 aromatic heterocycles. The van der Waals surface area contributed by atoms with E-state index in [1.807, 2.05) is 4.68 Å². The molecule has 0 unspecified atom stereocenters. The van der Waals surface area contributed by atoms with Crippen molar-refractivity contribution in [1.82, 2.24) is 15.0 Å². The third-order valence-electron chi connectivity index (χ3n) is 1.94. The first-order chi connectivity index (χ1) is 6.46. The van der Waals surface area contributed by atoms with Crippen molar-refractivity contribution >= 4 is 0 Å². The molecule has 1 aromatic rings. The number of methoxy groups -OCH3 is 1. The van der Waals surface area contributed by atoms with E-state index in [-0.39, 0.29) is 11.6 Å². The van der Waals surface area contributed by atoms with Crippen molar-refractivity contribution in [2.75, 3.05) is 13.7 Å². The van der Waals surface area contributed by atoms with Crippen LogP contribution < -0.4 is 5.73 Å². The molecule has 0 spiro atoms. The first-order valence-corrected chi connectivity index (χ1v) is 4.62. The highest BCUT2D eigenvalue weighted by Crippen LogP contribution is 2.18. The summed E-state index contributed by atoms with van der Waals surface area (Å²) < 4.78 is 6.83. The standard InChI is InChI=1S/C9H18N4O/c1-9(2,3)13-8(5-11-12-13)7(10)6-14-4/h5,7H,6,10H2,1-4H3/t7-/m1/s1. The lowest BCUT2D eigenvalue weighted by molar-refractivity contribution is 0.174. The quantitative estimate of drug-likeness (QED) is 0.775. The monoisotopic (exact) mass is 198 g/mol. The first kappa shape index (κ1) is 11.1. The zero-order valence-corrected chi connectivity index (χ0v) is 9.19. The summed E-state index contributed by atoms with van der Waals surface area (Å²) in [6.07, 6.45) is 1.69. The van der Waals surface area contributed by atoms with Crippen molar-refractivity contribution in [3.8, 4) is 0 Å². The Morgan fingerprint density at radius 1 is 1.57 bits per heavy atom. The summed E-state index contributed by atoms with van der Waals surface area (Å²) in [4.78, 5) is 0. The normalized spacial score (nSPS) is 14.4. The summed E-state index contributed by atoms with van der Waals surface area (Å²) in [6.45, 7) is 6.66. The van der Waals surface area contributed by atoms with E-state index in [1.54, 1.807) is 13.3 Å². The number of rotatable bonds is 3. The molecule has 2 N–H and O–H groups in total. The second-order valence-electron chi connectivity index (χ2n) is 4.30. The molecule has 0 aliphatic rings. The Hall–Kier alpha value is -0.940. The molecular weight excluding hydrogens is 180 g/mol. The van der Waals surface area contributed by atoms with Gasteiger partial charge in [-0.25, -0.2) is 4.68 Å². The second-order valence-corrected chi connectivity index (χ2v) is 4.30. The van der Waals surface area contributed by atoms with E-state index in [0.717, 1.165) is 5.69 Å². The smallest absolute Gasteiger partial charge is 0.0784 e. The molecule has 14 heavy (non-hydrogen) atoms. The first-order valence-electron chi connectivity index (χ1n) is 4.62. The van der Waals surface area contributed by atoms with E-state index in [9.17, 15) is 0 Å². The van der Waals surface area contributed by atoms with E-state index in [0.29, 0.717) is 6.61 Å². The third kappa shape index (κ3) is 2.30. The van der Waals surface area contributed by atoms with Gasteiger partial charge in [-0.05, 0) is 20.8 Å². The molecule has 0 radical (unpaired) electrons. The molecule has 0 fully saturated rings. The summed E-state index contributed by atoms with van der Waals surface area (Å²) in [5.41, 5.74) is 6.72. The van der Waals surface area contributed by atoms with E-state index in [2.05, 4.69) is 31.1 Å². The summed E-state index contributed by atoms with van der Waals surface area (Å²) in [5.74, 6) is 0. The van der Waals surface area contributed by atoms with Gasteiger partial charge in [0.05, 0.1) is 30.1 Å². The number of hydrogen-bond acceptors (Lipinski definition) is 4. The molecule has 5 heteroatoms. The lowest BCUT2D eigenvalue weighted by Crippen LogP contribution is -2.29. The zero-order chi connectivity index (χ0) is 10.8. The molecule has 1 heterocycles. The lowest BCUT2D eigenvalue weighted by Gasteiger charge is -2.23. The highest BCUT2D eigenvalue weighted by molar-refractivity contribution is 5.03. The van der Waals surface area contributed by atoms with Crippen LogP contribution in [-0.2, 0) is 10.3 Å². The van der Waals surface area contributed by atoms with Gasteiger partial charge in [-0.15, -0.1) is 5.10 Å². The molecule has 0 aliphatic heterocycles. The van der Waals surface area contributed by atoms with Gasteiger partial charge in [-0.2, -0.15) is 0 Å². The Labute approximate surface area is 84.2 Å². The Morgan fingerprint density at radius 2 is 2.21 bits per heavy atom. The minimum atomic E-state index is -0.172. The fourth-order valence-corrected chi connectivity index (χ4v) is 1.28. The molecule has 0 amide bonds. The molecule has 0 aromatic carbocycles. The molecule has 0 aliphatic carbocycles. The van der Waals surface area contributed by atoms with E-state index in [1.165, 1.54) is 0 Å². The van der Waals surface area contributed by atoms with Gasteiger partial charge in [-0.1, -0.05) is 5.21 Å². The Kier molecular flexibility index (Phi) is 3.23. The molecule has 0 bridgehead atoms. The largest absolute Gasteiger partial charge is 0.383 e. The summed E-state index contributed by atoms with van der Waals surface area (Å²) in [7, 11) is 1.63. The minimum Gasteiger partial charge on any atom is -0.383 e. The molecular formula is C9H18N4O. The average molecular weight is 198 g/mol. The van der Waals surface area contributed by atoms with Crippen LogP contribution in [0.15, 0.2) is 6.20 Å². The molecule has 0 saturated heterocycles. The highest BCUT2D eigenvalue weighted by atomic mass is 16.5. The fourth-order valence-electron chi connectivity index (χ4n) is 1.28. The van der Waals surface area contributed by atoms with Crippen molar-refractivity contribution in [3.05, 3.63) is 11.9 Å². The van der Waals surface area contributed by atoms with Crippen LogP contribution in [0.3, 0.4) is 0 Å². The van der Waals surface area contributed by atoms with Gasteiger partial charge in [0.15, 0.2) is 0 Å². The fraction of sp³-hybridized carbons (Fsp3) is 0.778. The minimum absolute atomic E-state index is 0.100. The Morgan fingerprint density at radius 3 is 2.71 bits per heavy atom. The van der Waals surface area contributed by atoms with Gasteiger partial charge in [0.1, 0.15) is 0 Å². The second kappa shape index (κ2) is 4.06. The molecule has 1 rings (SSSR count). The van der Waals surface area contributed by atoms with Crippen LogP contribution in [0.4, 0.5) is 0 Å². The van der Waals surface area contributed by atoms with E-state index in [4.69, 9.17) is 10.5 Å². The summed E-state index contributed by atoms with van der Waals surface area (Å²) >= 11 is 0. The number of ether oxygens (including phenoxy) is 1. The topological polar surface area (TPSA) is 66.0 Å². The van der Waals surface area contributed by atoms with Crippen molar-refractivity contribution in [1.29, 1.82) is 0 Å². The van der Waals surface area contributed by atoms with Crippen LogP contribution in [0.2, 0.25) is 0 Å². The maximum Gasteiger partial charge on any atom is 0.0784 e. The Balaban J connectivity index is 2.93. The van der Waals surface area contributed by atoms with Crippen LogP contribution in [0.25, 0.3) is 0 Å². The zero-order valence-electron chi connectivity index (χ0n) is 9.19. The van der Waals surface area contributed by atoms with Crippen molar-refractivity contribution in [2.45, 2.75) is 32.4 Å². The Bertz CT molecular complexity index is 289. The van der Waals surface area contributed by atoms with Crippen molar-refractivity contribution in [2.24, 2.45) is 5.73 Å². The van der Waals surface area contributed by atoms with Gasteiger partial charge < -0.3 is 10.5 Å². The van der Waals surface area contributed by atoms with Crippen LogP contribution in [0.5, 0.6) is 0 Å². The number of nitrogens with two attached hydrogens (primary N) is 1. The maximum atomic E-state index is 5.92. The van der Waals surface area contributed by atoms with Crippen LogP contribution in [0, 0.1) is 0 Å². The predicted octanol–water partition coefficient (Wildman–Crippen LogP) is 0.679. The van der Waals surface area contributed by atoms with Crippen LogP contribution in [-0.4, -0.2) is 28.7 Å². The molecule has 5 nitrogen and oxygen atoms in total. The van der Waals surface area contributed by atoms with Gasteiger partial charge in [0, 0.05) is 7.11 Å². The summed E-state index contributed by atoms with van der Waals surface area (Å²) in [5, 5.41) is 7.89. The molecule has 80 valence electrons. The maximum absolute atomic E-state index is 5.92. The van der Waals surface area contributed by atoms with Gasteiger partial charge in [-0.3, -0.25) is 0 Å². The van der Waals surface area contributed by atoms with Crippen molar-refractivity contribution in [3.63, 3.8) is 0 Å². The highest BCUT2D eigenvalue weighted by Gasteiger charge is 2.21. The number of nitrogens with zero attached hydrogens (tertiary/aromatic N) is 3. The van der Waals surface area contributed by atoms with E-state index >= 15 is 0 Å². The lowest BCUT2D eigenvalue weighted by atomic mass is 10.1. The van der Waals surface area contributed by atoms with Gasteiger partial charge in [0.2, 0.25) is 0 Å². The van der Waals surface area contributed by atoms with Crippen molar-refractivity contribution < 1.29 is 4.74 Å². The predicted molar refractivity (Wildman–Crippen MR) is 53.8 cm³/mol. The number of aromatic nitrogens is 3. The molecule has 0 saturated carbocycles. The average Bonchev–Trinajstić information content (AvgIpc) is 2.50. The van der Waals surface area contributed by atoms with Gasteiger partial charge >= 0.3 is 0 Å². The number of hydrogen-bond donors (Lipinski definition) is 1. The molecule has 1 atom stereocenters. The van der Waals surface area contributed by atoms with E-state index < -0.39 is 0 Å².